The zero-order valence-corrected chi connectivity index (χ0v) is 14.1. The van der Waals surface area contributed by atoms with Crippen molar-refractivity contribution in [2.45, 2.75) is 38.8 Å². The Hall–Kier alpha value is -2.76. The van der Waals surface area contributed by atoms with Gasteiger partial charge >= 0.3 is 5.97 Å². The van der Waals surface area contributed by atoms with Gasteiger partial charge in [-0.15, -0.1) is 0 Å². The molecule has 132 valence electrons. The Kier molecular flexibility index (Phi) is 5.38. The molecule has 1 amide bonds. The molecule has 0 fully saturated rings. The van der Waals surface area contributed by atoms with Gasteiger partial charge in [0.1, 0.15) is 11.5 Å². The highest BCUT2D eigenvalue weighted by atomic mass is 16.6. The van der Waals surface area contributed by atoms with Crippen molar-refractivity contribution < 1.29 is 23.5 Å². The maximum atomic E-state index is 11.9. The number of amides is 1. The maximum absolute atomic E-state index is 11.9. The van der Waals surface area contributed by atoms with E-state index < -0.39 is 12.1 Å². The van der Waals surface area contributed by atoms with Crippen LogP contribution in [0.25, 0.3) is 0 Å². The fourth-order valence-corrected chi connectivity index (χ4v) is 2.80. The second-order valence-electron chi connectivity index (χ2n) is 6.00. The van der Waals surface area contributed by atoms with Crippen LogP contribution in [-0.4, -0.2) is 24.6 Å². The number of nitrogens with one attached hydrogen (secondary N) is 1. The Morgan fingerprint density at radius 1 is 1.24 bits per heavy atom. The van der Waals surface area contributed by atoms with Crippen LogP contribution in [-0.2, 0) is 33.7 Å². The van der Waals surface area contributed by atoms with E-state index >= 15 is 0 Å². The Bertz CT molecular complexity index is 738. The molecular formula is C19H21NO5. The number of hydrogen-bond acceptors (Lipinski definition) is 5. The lowest BCUT2D eigenvalue weighted by atomic mass is 10.1. The third kappa shape index (κ3) is 4.62. The Labute approximate surface area is 146 Å². The maximum Gasteiger partial charge on any atom is 0.344 e. The van der Waals surface area contributed by atoms with Crippen LogP contribution in [0.1, 0.15) is 30.2 Å². The van der Waals surface area contributed by atoms with Gasteiger partial charge in [-0.3, -0.25) is 4.79 Å². The van der Waals surface area contributed by atoms with Crippen molar-refractivity contribution in [1.82, 2.24) is 5.32 Å². The van der Waals surface area contributed by atoms with Gasteiger partial charge < -0.3 is 19.2 Å². The number of fused-ring (bicyclic) bond motifs is 1. The standard InChI is InChI=1S/C19H21NO5/c1-13(19(22)20-11-17-6-3-9-23-17)25-18(21)12-24-16-8-7-14-4-2-5-15(14)10-16/h3,6-10,13H,2,4-5,11-12H2,1H3,(H,20,22)/t13-/m0/s1. The Morgan fingerprint density at radius 3 is 2.88 bits per heavy atom. The minimum absolute atomic E-state index is 0.228. The highest BCUT2D eigenvalue weighted by Gasteiger charge is 2.18. The van der Waals surface area contributed by atoms with Crippen LogP contribution in [0.15, 0.2) is 41.0 Å². The summed E-state index contributed by atoms with van der Waals surface area (Å²) in [7, 11) is 0. The Morgan fingerprint density at radius 2 is 2.08 bits per heavy atom. The first-order valence-corrected chi connectivity index (χ1v) is 8.36. The van der Waals surface area contributed by atoms with E-state index in [1.54, 1.807) is 12.1 Å². The van der Waals surface area contributed by atoms with Gasteiger partial charge in [-0.05, 0) is 61.6 Å². The monoisotopic (exact) mass is 343 g/mol. The van der Waals surface area contributed by atoms with E-state index in [1.165, 1.54) is 24.3 Å². The summed E-state index contributed by atoms with van der Waals surface area (Å²) in [6.45, 7) is 1.54. The molecule has 1 heterocycles. The van der Waals surface area contributed by atoms with Gasteiger partial charge in [0.25, 0.3) is 5.91 Å². The fourth-order valence-electron chi connectivity index (χ4n) is 2.80. The average molecular weight is 343 g/mol. The molecule has 0 aliphatic heterocycles. The van der Waals surface area contributed by atoms with Crippen LogP contribution >= 0.6 is 0 Å². The van der Waals surface area contributed by atoms with Crippen LogP contribution < -0.4 is 10.1 Å². The van der Waals surface area contributed by atoms with E-state index in [4.69, 9.17) is 13.9 Å². The van der Waals surface area contributed by atoms with Gasteiger partial charge in [0, 0.05) is 0 Å². The van der Waals surface area contributed by atoms with Crippen molar-refractivity contribution in [3.05, 3.63) is 53.5 Å². The van der Waals surface area contributed by atoms with Crippen molar-refractivity contribution >= 4 is 11.9 Å². The summed E-state index contributed by atoms with van der Waals surface area (Å²) in [5.74, 6) is 0.308. The van der Waals surface area contributed by atoms with E-state index in [-0.39, 0.29) is 19.1 Å². The number of aryl methyl sites for hydroxylation is 2. The minimum Gasteiger partial charge on any atom is -0.482 e. The summed E-state index contributed by atoms with van der Waals surface area (Å²) < 4.78 is 15.7. The molecular weight excluding hydrogens is 322 g/mol. The zero-order valence-electron chi connectivity index (χ0n) is 14.1. The topological polar surface area (TPSA) is 77.8 Å². The highest BCUT2D eigenvalue weighted by molar-refractivity contribution is 5.83. The number of ether oxygens (including phenoxy) is 2. The smallest absolute Gasteiger partial charge is 0.344 e. The predicted molar refractivity (Wildman–Crippen MR) is 90.1 cm³/mol. The normalized spacial score (nSPS) is 13.8. The number of rotatable bonds is 7. The number of esters is 1. The molecule has 6 heteroatoms. The highest BCUT2D eigenvalue weighted by Crippen LogP contribution is 2.25. The molecule has 3 rings (SSSR count). The number of hydrogen-bond donors (Lipinski definition) is 1. The average Bonchev–Trinajstić information content (AvgIpc) is 3.28. The zero-order chi connectivity index (χ0) is 17.6. The first kappa shape index (κ1) is 17.1. The van der Waals surface area contributed by atoms with Crippen LogP contribution in [0.5, 0.6) is 5.75 Å². The lowest BCUT2D eigenvalue weighted by Gasteiger charge is -2.13. The number of benzene rings is 1. The van der Waals surface area contributed by atoms with Gasteiger partial charge in [-0.1, -0.05) is 6.07 Å². The molecule has 0 spiro atoms. The summed E-state index contributed by atoms with van der Waals surface area (Å²) in [5.41, 5.74) is 2.62. The van der Waals surface area contributed by atoms with Crippen molar-refractivity contribution in [2.24, 2.45) is 0 Å². The number of carbonyl (C=O) groups excluding carboxylic acids is 2. The van der Waals surface area contributed by atoms with Gasteiger partial charge in [0.15, 0.2) is 12.7 Å². The quantitative estimate of drug-likeness (QED) is 0.781. The van der Waals surface area contributed by atoms with Gasteiger partial charge in [0.05, 0.1) is 12.8 Å². The Balaban J connectivity index is 1.41. The molecule has 1 N–H and O–H groups in total. The van der Waals surface area contributed by atoms with Gasteiger partial charge in [-0.25, -0.2) is 4.79 Å². The van der Waals surface area contributed by atoms with E-state index in [9.17, 15) is 9.59 Å². The molecule has 6 nitrogen and oxygen atoms in total. The third-order valence-corrected chi connectivity index (χ3v) is 4.12. The molecule has 2 aromatic rings. The molecule has 0 radical (unpaired) electrons. The SMILES string of the molecule is C[C@H](OC(=O)COc1ccc2c(c1)CCC2)C(=O)NCc1ccco1. The lowest BCUT2D eigenvalue weighted by molar-refractivity contribution is -0.156. The molecule has 25 heavy (non-hydrogen) atoms. The van der Waals surface area contributed by atoms with Crippen molar-refractivity contribution in [1.29, 1.82) is 0 Å². The van der Waals surface area contributed by atoms with Crippen molar-refractivity contribution in [3.63, 3.8) is 0 Å². The first-order chi connectivity index (χ1) is 12.1. The number of carbonyl (C=O) groups is 2. The van der Waals surface area contributed by atoms with E-state index in [2.05, 4.69) is 5.32 Å². The molecule has 0 unspecified atom stereocenters. The van der Waals surface area contributed by atoms with Crippen LogP contribution in [0.3, 0.4) is 0 Å². The molecule has 0 saturated heterocycles. The van der Waals surface area contributed by atoms with E-state index in [0.717, 1.165) is 19.3 Å². The molecule has 0 bridgehead atoms. The predicted octanol–water partition coefficient (Wildman–Crippen LogP) is 2.40. The lowest BCUT2D eigenvalue weighted by Crippen LogP contribution is -2.36. The second-order valence-corrected chi connectivity index (χ2v) is 6.00. The summed E-state index contributed by atoms with van der Waals surface area (Å²) in [6.07, 6.45) is 3.94. The first-order valence-electron chi connectivity index (χ1n) is 8.36. The van der Waals surface area contributed by atoms with Crippen LogP contribution in [0.4, 0.5) is 0 Å². The van der Waals surface area contributed by atoms with Crippen LogP contribution in [0, 0.1) is 0 Å². The fraction of sp³-hybridized carbons (Fsp3) is 0.368. The molecule has 0 saturated carbocycles. The summed E-state index contributed by atoms with van der Waals surface area (Å²) in [6, 6.07) is 9.35. The van der Waals surface area contributed by atoms with Crippen molar-refractivity contribution in [2.75, 3.05) is 6.61 Å². The minimum atomic E-state index is -0.897. The molecule has 1 aliphatic carbocycles. The van der Waals surface area contributed by atoms with E-state index in [1.807, 2.05) is 18.2 Å². The summed E-state index contributed by atoms with van der Waals surface area (Å²) >= 11 is 0. The molecule has 1 atom stereocenters. The third-order valence-electron chi connectivity index (χ3n) is 4.12. The van der Waals surface area contributed by atoms with Crippen LogP contribution in [0.2, 0.25) is 0 Å². The second kappa shape index (κ2) is 7.88. The van der Waals surface area contributed by atoms with Gasteiger partial charge in [0.2, 0.25) is 0 Å². The molecule has 1 aromatic carbocycles. The molecule has 1 aromatic heterocycles. The van der Waals surface area contributed by atoms with Gasteiger partial charge in [-0.2, -0.15) is 0 Å². The molecule has 1 aliphatic rings. The largest absolute Gasteiger partial charge is 0.482 e. The van der Waals surface area contributed by atoms with E-state index in [0.29, 0.717) is 11.5 Å². The van der Waals surface area contributed by atoms with Crippen molar-refractivity contribution in [3.8, 4) is 5.75 Å². The summed E-state index contributed by atoms with van der Waals surface area (Å²) in [5, 5.41) is 2.64. The number of furan rings is 1. The summed E-state index contributed by atoms with van der Waals surface area (Å²) in [4.78, 5) is 23.8.